The summed E-state index contributed by atoms with van der Waals surface area (Å²) in [6.45, 7) is 12.6. The van der Waals surface area contributed by atoms with E-state index in [0.29, 0.717) is 18.3 Å². The van der Waals surface area contributed by atoms with Gasteiger partial charge >= 0.3 is 17.9 Å². The van der Waals surface area contributed by atoms with Crippen molar-refractivity contribution < 1.29 is 77.4 Å². The maximum absolute atomic E-state index is 12.6. The van der Waals surface area contributed by atoms with Crippen LogP contribution in [0, 0.1) is 34.5 Å². The number of hydrogen-bond donors (Lipinski definition) is 4. The summed E-state index contributed by atoms with van der Waals surface area (Å²) in [5.41, 5.74) is -0.796. The van der Waals surface area contributed by atoms with E-state index in [2.05, 4.69) is 13.8 Å². The van der Waals surface area contributed by atoms with E-state index in [-0.39, 0.29) is 55.2 Å². The molecule has 21 atom stereocenters. The highest BCUT2D eigenvalue weighted by molar-refractivity contribution is 5.85. The first kappa shape index (κ1) is 45.3. The number of rotatable bonds is 9. The molecule has 0 radical (unpaired) electrons. The number of esters is 3. The van der Waals surface area contributed by atoms with Gasteiger partial charge in [-0.3, -0.25) is 9.59 Å². The highest BCUT2D eigenvalue weighted by atomic mass is 16.7. The Kier molecular flexibility index (Phi) is 12.8. The van der Waals surface area contributed by atoms with Crippen molar-refractivity contribution in [2.45, 2.75) is 211 Å². The molecule has 4 saturated carbocycles. The van der Waals surface area contributed by atoms with Gasteiger partial charge in [-0.25, -0.2) is 4.79 Å². The number of carbonyl (C=O) groups excluding carboxylic acids is 3. The largest absolute Gasteiger partial charge is 0.459 e. The summed E-state index contributed by atoms with van der Waals surface area (Å²) in [6, 6.07) is 0. The van der Waals surface area contributed by atoms with E-state index in [1.807, 2.05) is 6.92 Å². The van der Waals surface area contributed by atoms with E-state index in [9.17, 15) is 34.8 Å². The van der Waals surface area contributed by atoms with E-state index in [1.165, 1.54) is 19.9 Å². The number of hydrogen-bond acceptors (Lipinski definition) is 16. The van der Waals surface area contributed by atoms with Crippen LogP contribution >= 0.6 is 0 Å². The van der Waals surface area contributed by atoms with Crippen LogP contribution in [0.1, 0.15) is 119 Å². The summed E-state index contributed by atoms with van der Waals surface area (Å²) >= 11 is 0. The van der Waals surface area contributed by atoms with Crippen molar-refractivity contribution >= 4 is 17.9 Å². The summed E-state index contributed by atoms with van der Waals surface area (Å²) in [7, 11) is 0. The average molecular weight is 865 g/mol. The van der Waals surface area contributed by atoms with Gasteiger partial charge in [0, 0.05) is 56.9 Å². The summed E-state index contributed by atoms with van der Waals surface area (Å²) in [5.74, 6) is -0.953. The van der Waals surface area contributed by atoms with Crippen LogP contribution in [0.15, 0.2) is 11.6 Å². The molecule has 16 nitrogen and oxygen atoms in total. The van der Waals surface area contributed by atoms with E-state index in [1.54, 1.807) is 13.8 Å². The Bertz CT molecular complexity index is 1660. The molecule has 1 unspecified atom stereocenters. The first-order chi connectivity index (χ1) is 28.8. The fourth-order valence-electron chi connectivity index (χ4n) is 13.5. The van der Waals surface area contributed by atoms with Gasteiger partial charge in [0.1, 0.15) is 37.1 Å². The van der Waals surface area contributed by atoms with E-state index in [4.69, 9.17) is 42.6 Å². The van der Waals surface area contributed by atoms with Crippen LogP contribution in [-0.2, 0) is 57.0 Å². The van der Waals surface area contributed by atoms with Gasteiger partial charge in [-0.1, -0.05) is 13.8 Å². The fraction of sp³-hybridized carbons (Fsp3) is 0.889. The quantitative estimate of drug-likeness (QED) is 0.149. The third kappa shape index (κ3) is 8.45. The van der Waals surface area contributed by atoms with Crippen LogP contribution in [0.25, 0.3) is 0 Å². The zero-order chi connectivity index (χ0) is 43.8. The van der Waals surface area contributed by atoms with Crippen molar-refractivity contribution in [3.05, 3.63) is 11.6 Å². The van der Waals surface area contributed by atoms with E-state index in [0.717, 1.165) is 50.5 Å². The molecular weight excluding hydrogens is 796 g/mol. The first-order valence-electron chi connectivity index (χ1n) is 22.7. The van der Waals surface area contributed by atoms with Crippen LogP contribution in [0.2, 0.25) is 0 Å². The Morgan fingerprint density at radius 3 is 1.89 bits per heavy atom. The number of aliphatic hydroxyl groups is 4. The molecule has 0 aromatic carbocycles. The fourth-order valence-corrected chi connectivity index (χ4v) is 13.5. The monoisotopic (exact) mass is 864 g/mol. The summed E-state index contributed by atoms with van der Waals surface area (Å²) in [6.07, 6.45) is -1.83. The molecule has 0 spiro atoms. The van der Waals surface area contributed by atoms with Gasteiger partial charge < -0.3 is 63.1 Å². The third-order valence-corrected chi connectivity index (χ3v) is 16.4. The maximum atomic E-state index is 12.6. The number of cyclic esters (lactones) is 1. The lowest BCUT2D eigenvalue weighted by atomic mass is 9.43. The van der Waals surface area contributed by atoms with Gasteiger partial charge in [-0.2, -0.15) is 0 Å². The molecule has 0 bridgehead atoms. The van der Waals surface area contributed by atoms with Gasteiger partial charge in [0.15, 0.2) is 18.9 Å². The molecule has 4 aliphatic carbocycles. The Hall–Kier alpha value is -2.25. The van der Waals surface area contributed by atoms with Gasteiger partial charge in [0.2, 0.25) is 0 Å². The van der Waals surface area contributed by atoms with Gasteiger partial charge in [-0.15, -0.1) is 0 Å². The smallest absolute Gasteiger partial charge is 0.331 e. The zero-order valence-corrected chi connectivity index (χ0v) is 36.6. The Labute approximate surface area is 358 Å². The predicted octanol–water partition coefficient (Wildman–Crippen LogP) is 3.36. The molecule has 16 heteroatoms. The number of aliphatic hydroxyl groups excluding tert-OH is 3. The van der Waals surface area contributed by atoms with Crippen LogP contribution in [0.5, 0.6) is 0 Å². The van der Waals surface area contributed by atoms with Crippen LogP contribution in [0.3, 0.4) is 0 Å². The molecule has 0 aromatic rings. The number of fused-ring (bicyclic) bond motifs is 5. The highest BCUT2D eigenvalue weighted by Gasteiger charge is 2.70. The van der Waals surface area contributed by atoms with Crippen molar-refractivity contribution in [3.63, 3.8) is 0 Å². The molecule has 7 fully saturated rings. The van der Waals surface area contributed by atoms with E-state index < -0.39 is 103 Å². The molecule has 344 valence electrons. The van der Waals surface area contributed by atoms with Crippen LogP contribution in [-0.4, -0.2) is 137 Å². The molecule has 0 aromatic heterocycles. The lowest BCUT2D eigenvalue weighted by Crippen LogP contribution is -2.62. The molecule has 4 heterocycles. The predicted molar refractivity (Wildman–Crippen MR) is 212 cm³/mol. The van der Waals surface area contributed by atoms with Gasteiger partial charge in [0.25, 0.3) is 0 Å². The van der Waals surface area contributed by atoms with Gasteiger partial charge in [0.05, 0.1) is 42.2 Å². The molecule has 4 aliphatic heterocycles. The van der Waals surface area contributed by atoms with Gasteiger partial charge in [-0.05, 0) is 94.5 Å². The lowest BCUT2D eigenvalue weighted by molar-refractivity contribution is -0.337. The van der Waals surface area contributed by atoms with E-state index >= 15 is 0 Å². The minimum Gasteiger partial charge on any atom is -0.459 e. The minimum atomic E-state index is -1.05. The van der Waals surface area contributed by atoms with Crippen molar-refractivity contribution in [3.8, 4) is 0 Å². The second-order valence-corrected chi connectivity index (χ2v) is 20.1. The Balaban J connectivity index is 0.889. The molecule has 8 aliphatic rings. The van der Waals surface area contributed by atoms with Crippen molar-refractivity contribution in [2.24, 2.45) is 34.5 Å². The third-order valence-electron chi connectivity index (χ3n) is 16.4. The molecule has 0 amide bonds. The minimum absolute atomic E-state index is 0.00868. The summed E-state index contributed by atoms with van der Waals surface area (Å²) in [5, 5.41) is 44.5. The Morgan fingerprint density at radius 1 is 0.721 bits per heavy atom. The van der Waals surface area contributed by atoms with Crippen LogP contribution in [0.4, 0.5) is 0 Å². The molecule has 4 N–H and O–H groups in total. The Morgan fingerprint density at radius 2 is 1.31 bits per heavy atom. The highest BCUT2D eigenvalue weighted by Crippen LogP contribution is 2.70. The molecular formula is C45H68O16. The first-order valence-corrected chi connectivity index (χ1v) is 22.7. The summed E-state index contributed by atoms with van der Waals surface area (Å²) in [4.78, 5) is 36.7. The SMILES string of the molecule is CC(=O)O[C@H]1C[C@@H](O[C@H]2CC[C@@]3(C)[C@H](CC[C@@H]4[C@@H]3CC[C@]3(C)[C@@H](C5=CC(=O)OC5)[C@@H](O)CC43O)C2)O[C@H](C)[C@H]1O[C@@H]1C[C@H](OC(C)=O)[C@H](O[C@@H]2C[C@H](O)[C@H](O)[C@@H](C)O2)[C@@H](C)O1. The second-order valence-electron chi connectivity index (χ2n) is 20.1. The van der Waals surface area contributed by atoms with Crippen molar-refractivity contribution in [1.29, 1.82) is 0 Å². The maximum Gasteiger partial charge on any atom is 0.331 e. The normalized spacial score (nSPS) is 51.0. The van der Waals surface area contributed by atoms with Crippen molar-refractivity contribution in [2.75, 3.05) is 6.61 Å². The number of carbonyl (C=O) groups is 3. The molecule has 61 heavy (non-hydrogen) atoms. The molecule has 3 saturated heterocycles. The zero-order valence-electron chi connectivity index (χ0n) is 36.6. The lowest BCUT2D eigenvalue weighted by Gasteiger charge is -2.63. The summed E-state index contributed by atoms with van der Waals surface area (Å²) < 4.78 is 54.7. The molecule has 8 rings (SSSR count). The number of ether oxygens (including phenoxy) is 9. The van der Waals surface area contributed by atoms with Crippen LogP contribution < -0.4 is 0 Å². The second kappa shape index (κ2) is 17.3. The van der Waals surface area contributed by atoms with Crippen molar-refractivity contribution in [1.82, 2.24) is 0 Å². The average Bonchev–Trinajstić information content (AvgIpc) is 3.68. The topological polar surface area (TPSA) is 215 Å². The standard InChI is InChI=1S/C45H68O16/c1-21-40(51)31(48)16-36(54-21)60-41-23(3)56-38(18-34(41)58-25(5)47)61-42-22(2)55-37(17-33(42)57-24(4)46)59-28-10-12-43(6)27(15-28)8-9-30-29(43)11-13-44(7)39(26-14-35(50)53-20-26)32(49)19-45(30,44)52/h14,21-23,27-34,36-42,48-49,51-52H,8-13,15-20H2,1-7H3/t21-,22-,23-,27-,28+,29+,30-,31+,32+,33+,34+,36-,37-,38-,39+,40-,41-,42-,43+,44-,45?/m1/s1.